The Morgan fingerprint density at radius 2 is 1.95 bits per heavy atom. The second-order valence-electron chi connectivity index (χ2n) is 3.67. The maximum Gasteiger partial charge on any atom is 0.296 e. The van der Waals surface area contributed by atoms with Crippen LogP contribution in [0.4, 0.5) is 5.69 Å². The van der Waals surface area contributed by atoms with Crippen molar-refractivity contribution in [3.8, 4) is 0 Å². The lowest BCUT2D eigenvalue weighted by molar-refractivity contribution is 0.1000. The molecule has 2 amide bonds. The van der Waals surface area contributed by atoms with Crippen LogP contribution in [0.3, 0.4) is 0 Å². The van der Waals surface area contributed by atoms with Crippen LogP contribution < -0.4 is 5.32 Å². The number of halogens is 2. The normalized spacial score (nSPS) is 10.1. The molecule has 8 heteroatoms. The number of aliphatic imine (C=N–C) groups is 1. The predicted molar refractivity (Wildman–Crippen MR) is 76.9 cm³/mol. The van der Waals surface area contributed by atoms with Crippen LogP contribution in [-0.2, 0) is 0 Å². The van der Waals surface area contributed by atoms with Crippen molar-refractivity contribution >= 4 is 47.4 Å². The molecule has 0 saturated carbocycles. The summed E-state index contributed by atoms with van der Waals surface area (Å²) in [6, 6.07) is 4.69. The summed E-state index contributed by atoms with van der Waals surface area (Å²) in [6.07, 6.45) is 1.28. The Hall–Kier alpha value is -2.18. The number of H-pyrrole nitrogens is 1. The highest BCUT2D eigenvalue weighted by Crippen LogP contribution is 2.25. The van der Waals surface area contributed by atoms with E-state index in [1.54, 1.807) is 6.07 Å². The largest absolute Gasteiger partial charge is 0.319 e. The van der Waals surface area contributed by atoms with Crippen molar-refractivity contribution in [2.45, 2.75) is 0 Å². The monoisotopic (exact) mass is 310 g/mol. The number of nitrogens with one attached hydrogen (secondary N) is 2. The molecule has 1 aromatic heterocycles. The van der Waals surface area contributed by atoms with Gasteiger partial charge in [0.05, 0.1) is 27.5 Å². The molecule has 1 heterocycles. The number of aromatic nitrogens is 2. The van der Waals surface area contributed by atoms with E-state index in [-0.39, 0.29) is 27.0 Å². The van der Waals surface area contributed by atoms with Crippen molar-refractivity contribution in [3.63, 3.8) is 0 Å². The van der Waals surface area contributed by atoms with Crippen LogP contribution in [-0.4, -0.2) is 28.7 Å². The molecule has 0 radical (unpaired) electrons. The number of rotatable bonds is 3. The molecule has 0 aliphatic rings. The third-order valence-electron chi connectivity index (χ3n) is 2.43. The highest BCUT2D eigenvalue weighted by atomic mass is 35.5. The van der Waals surface area contributed by atoms with Crippen LogP contribution in [0.1, 0.15) is 20.8 Å². The highest BCUT2D eigenvalue weighted by molar-refractivity contribution is 6.40. The summed E-state index contributed by atoms with van der Waals surface area (Å²) in [5.74, 6) is -1.19. The standard InChI is InChI=1S/C12H8Cl2N4O2/c1-15-12(20)10-8(5-16-18-10)17-11(19)9-6(13)3-2-4-7(9)14/h2-5H,1H2,(H,16,18)(H,17,19). The highest BCUT2D eigenvalue weighted by Gasteiger charge is 2.19. The van der Waals surface area contributed by atoms with E-state index in [1.165, 1.54) is 18.3 Å². The van der Waals surface area contributed by atoms with Gasteiger partial charge >= 0.3 is 0 Å². The second-order valence-corrected chi connectivity index (χ2v) is 4.49. The summed E-state index contributed by atoms with van der Waals surface area (Å²) in [7, 11) is 0. The number of hydrogen-bond acceptors (Lipinski definition) is 3. The van der Waals surface area contributed by atoms with Crippen molar-refractivity contribution in [3.05, 3.63) is 45.7 Å². The first-order chi connectivity index (χ1) is 9.54. The zero-order chi connectivity index (χ0) is 14.7. The Bertz CT molecular complexity index is 676. The molecule has 2 aromatic rings. The summed E-state index contributed by atoms with van der Waals surface area (Å²) in [5.41, 5.74) is 0.307. The number of aromatic amines is 1. The smallest absolute Gasteiger partial charge is 0.296 e. The van der Waals surface area contributed by atoms with E-state index in [1.807, 2.05) is 0 Å². The second kappa shape index (κ2) is 5.85. The minimum absolute atomic E-state index is 0.0246. The molecule has 0 aliphatic heterocycles. The SMILES string of the molecule is C=NC(=O)c1[nH]ncc1NC(=O)c1c(Cl)cccc1Cl. The van der Waals surface area contributed by atoms with Crippen LogP contribution in [0.25, 0.3) is 0 Å². The Morgan fingerprint density at radius 3 is 2.55 bits per heavy atom. The zero-order valence-electron chi connectivity index (χ0n) is 9.98. The molecule has 6 nitrogen and oxygen atoms in total. The van der Waals surface area contributed by atoms with Crippen LogP contribution in [0, 0.1) is 0 Å². The minimum atomic E-state index is -0.636. The molecule has 102 valence electrons. The Kier molecular flexibility index (Phi) is 4.16. The number of nitrogens with zero attached hydrogens (tertiary/aromatic N) is 2. The zero-order valence-corrected chi connectivity index (χ0v) is 11.5. The van der Waals surface area contributed by atoms with Gasteiger partial charge in [-0.2, -0.15) is 5.10 Å². The average molecular weight is 311 g/mol. The van der Waals surface area contributed by atoms with Gasteiger partial charge in [-0.05, 0) is 18.9 Å². The molecule has 0 saturated heterocycles. The van der Waals surface area contributed by atoms with Gasteiger partial charge in [-0.1, -0.05) is 29.3 Å². The molecule has 1 aromatic carbocycles. The van der Waals surface area contributed by atoms with Gasteiger partial charge in [-0.25, -0.2) is 4.99 Å². The van der Waals surface area contributed by atoms with E-state index in [2.05, 4.69) is 27.2 Å². The average Bonchev–Trinajstić information content (AvgIpc) is 2.85. The molecule has 0 atom stereocenters. The third-order valence-corrected chi connectivity index (χ3v) is 3.06. The topological polar surface area (TPSA) is 87.2 Å². The van der Waals surface area contributed by atoms with Gasteiger partial charge in [0.15, 0.2) is 0 Å². The van der Waals surface area contributed by atoms with Crippen LogP contribution in [0.15, 0.2) is 29.4 Å². The van der Waals surface area contributed by atoms with Gasteiger partial charge in [-0.3, -0.25) is 14.7 Å². The van der Waals surface area contributed by atoms with E-state index in [0.717, 1.165) is 0 Å². The maximum atomic E-state index is 12.1. The van der Waals surface area contributed by atoms with E-state index in [4.69, 9.17) is 23.2 Å². The summed E-state index contributed by atoms with van der Waals surface area (Å²) >= 11 is 11.9. The molecule has 2 N–H and O–H groups in total. The first kappa shape index (κ1) is 14.2. The first-order valence-corrected chi connectivity index (χ1v) is 6.10. The van der Waals surface area contributed by atoms with Crippen LogP contribution >= 0.6 is 23.2 Å². The lowest BCUT2D eigenvalue weighted by Gasteiger charge is -2.07. The summed E-state index contributed by atoms with van der Waals surface area (Å²) in [6.45, 7) is 3.12. The van der Waals surface area contributed by atoms with Crippen molar-refractivity contribution < 1.29 is 9.59 Å². The summed E-state index contributed by atoms with van der Waals surface area (Å²) in [5, 5.41) is 8.99. The van der Waals surface area contributed by atoms with E-state index >= 15 is 0 Å². The van der Waals surface area contributed by atoms with E-state index in [9.17, 15) is 9.59 Å². The molecule has 0 fully saturated rings. The number of benzene rings is 1. The third kappa shape index (κ3) is 2.71. The number of hydrogen-bond donors (Lipinski definition) is 2. The Labute approximate surface area is 123 Å². The predicted octanol–water partition coefficient (Wildman–Crippen LogP) is 2.81. The maximum absolute atomic E-state index is 12.1. The van der Waals surface area contributed by atoms with E-state index in [0.29, 0.717) is 0 Å². The Balaban J connectivity index is 2.31. The number of anilines is 1. The number of carbonyl (C=O) groups is 2. The molecule has 0 aliphatic carbocycles. The Morgan fingerprint density at radius 1 is 1.30 bits per heavy atom. The molecule has 0 bridgehead atoms. The van der Waals surface area contributed by atoms with Crippen LogP contribution in [0.5, 0.6) is 0 Å². The van der Waals surface area contributed by atoms with Gasteiger partial charge in [0.2, 0.25) is 0 Å². The number of carbonyl (C=O) groups excluding carboxylic acids is 2. The van der Waals surface area contributed by atoms with Crippen LogP contribution in [0.2, 0.25) is 10.0 Å². The van der Waals surface area contributed by atoms with Crippen molar-refractivity contribution in [2.75, 3.05) is 5.32 Å². The molecule has 0 unspecified atom stereocenters. The van der Waals surface area contributed by atoms with Crippen molar-refractivity contribution in [2.24, 2.45) is 4.99 Å². The van der Waals surface area contributed by atoms with Crippen molar-refractivity contribution in [1.82, 2.24) is 10.2 Å². The molecule has 20 heavy (non-hydrogen) atoms. The van der Waals surface area contributed by atoms with Gasteiger partial charge in [-0.15, -0.1) is 0 Å². The molecule has 0 spiro atoms. The van der Waals surface area contributed by atoms with Gasteiger partial charge in [0, 0.05) is 0 Å². The minimum Gasteiger partial charge on any atom is -0.319 e. The first-order valence-electron chi connectivity index (χ1n) is 5.34. The molecular formula is C12H8Cl2N4O2. The molecular weight excluding hydrogens is 303 g/mol. The summed E-state index contributed by atoms with van der Waals surface area (Å²) < 4.78 is 0. The fraction of sp³-hybridized carbons (Fsp3) is 0. The lowest BCUT2D eigenvalue weighted by Crippen LogP contribution is -2.14. The fourth-order valence-corrected chi connectivity index (χ4v) is 2.09. The molecule has 2 rings (SSSR count). The van der Waals surface area contributed by atoms with Crippen molar-refractivity contribution in [1.29, 1.82) is 0 Å². The lowest BCUT2D eigenvalue weighted by atomic mass is 10.2. The van der Waals surface area contributed by atoms with Gasteiger partial charge < -0.3 is 5.32 Å². The fourth-order valence-electron chi connectivity index (χ4n) is 1.52. The van der Waals surface area contributed by atoms with Gasteiger partial charge in [0.25, 0.3) is 11.8 Å². The quantitative estimate of drug-likeness (QED) is 0.854. The van der Waals surface area contributed by atoms with Gasteiger partial charge in [0.1, 0.15) is 5.69 Å². The summed E-state index contributed by atoms with van der Waals surface area (Å²) in [4.78, 5) is 26.8. The number of amides is 2. The van der Waals surface area contributed by atoms with E-state index < -0.39 is 11.8 Å².